The summed E-state index contributed by atoms with van der Waals surface area (Å²) < 4.78 is 22.0. The van der Waals surface area contributed by atoms with Gasteiger partial charge >= 0.3 is 0 Å². The molecule has 0 N–H and O–H groups in total. The summed E-state index contributed by atoms with van der Waals surface area (Å²) in [6, 6.07) is 0. The fraction of sp³-hybridized carbons (Fsp3) is 0.400. The Morgan fingerprint density at radius 3 is 2.17 bits per heavy atom. The normalized spacial score (nSPS) is 13.6. The molecule has 1 unspecified atom stereocenters. The molecule has 70 valence electrons. The molecule has 0 aromatic carbocycles. The van der Waals surface area contributed by atoms with Gasteiger partial charge in [-0.3, -0.25) is 4.39 Å². The maximum Gasteiger partial charge on any atom is 0.122 e. The number of allylic oxidation sites excluding steroid dienone is 5. The third-order valence-electron chi connectivity index (χ3n) is 1.18. The molecule has 0 aliphatic heterocycles. The van der Waals surface area contributed by atoms with Crippen molar-refractivity contribution in [3.05, 3.63) is 36.5 Å². The van der Waals surface area contributed by atoms with Crippen LogP contribution in [0.3, 0.4) is 0 Å². The first-order chi connectivity index (χ1) is 5.72. The Balaban J connectivity index is 0. The van der Waals surface area contributed by atoms with Crippen LogP contribution in [-0.2, 0) is 0 Å². The molecule has 12 heavy (non-hydrogen) atoms. The van der Waals surface area contributed by atoms with Crippen molar-refractivity contribution >= 4 is 0 Å². The van der Waals surface area contributed by atoms with Gasteiger partial charge in [0.25, 0.3) is 0 Å². The molecule has 1 atom stereocenters. The van der Waals surface area contributed by atoms with Crippen molar-refractivity contribution in [2.45, 2.75) is 20.0 Å². The highest BCUT2D eigenvalue weighted by molar-refractivity contribution is 5.24. The molecule has 0 aromatic heterocycles. The molecule has 0 rings (SSSR count). The van der Waals surface area contributed by atoms with Gasteiger partial charge in [-0.1, -0.05) is 30.9 Å². The molecule has 0 spiro atoms. The maximum atomic E-state index is 12.5. The molecule has 0 heterocycles. The lowest BCUT2D eigenvalue weighted by Crippen LogP contribution is -1.93. The minimum atomic E-state index is -0.923. The fourth-order valence-corrected chi connectivity index (χ4v) is 0.570. The zero-order valence-corrected chi connectivity index (χ0v) is 7.85. The second kappa shape index (κ2) is 10.1. The maximum absolute atomic E-state index is 12.5. The molecule has 0 nitrogen and oxygen atoms in total. The molecule has 0 aromatic rings. The van der Waals surface area contributed by atoms with E-state index in [-0.39, 0.29) is 0 Å². The number of hydrogen-bond donors (Lipinski definition) is 0. The van der Waals surface area contributed by atoms with Gasteiger partial charge in [0, 0.05) is 0 Å². The van der Waals surface area contributed by atoms with Crippen LogP contribution in [0.1, 0.15) is 13.8 Å². The molecule has 0 amide bonds. The van der Waals surface area contributed by atoms with E-state index >= 15 is 0 Å². The summed E-state index contributed by atoms with van der Waals surface area (Å²) in [6.45, 7) is 6.88. The summed E-state index contributed by atoms with van der Waals surface area (Å²) in [6.07, 6.45) is 5.98. The van der Waals surface area contributed by atoms with Gasteiger partial charge < -0.3 is 0 Å². The van der Waals surface area contributed by atoms with Crippen LogP contribution in [0.2, 0.25) is 0 Å². The molecule has 0 radical (unpaired) electrons. The number of hydrogen-bond acceptors (Lipinski definition) is 0. The van der Waals surface area contributed by atoms with Crippen LogP contribution in [0, 0.1) is 0 Å². The highest BCUT2D eigenvalue weighted by Gasteiger charge is 1.98. The van der Waals surface area contributed by atoms with E-state index in [1.807, 2.05) is 13.0 Å². The van der Waals surface area contributed by atoms with Gasteiger partial charge in [-0.2, -0.15) is 0 Å². The summed E-state index contributed by atoms with van der Waals surface area (Å²) in [7, 11) is 0.500. The van der Waals surface area contributed by atoms with Gasteiger partial charge in [0.15, 0.2) is 0 Å². The molecular weight excluding hydrogens is 158 g/mol. The largest absolute Gasteiger partial charge is 0.255 e. The third-order valence-corrected chi connectivity index (χ3v) is 1.18. The second-order valence-corrected chi connectivity index (χ2v) is 2.01. The average molecular weight is 174 g/mol. The fourth-order valence-electron chi connectivity index (χ4n) is 0.570. The summed E-state index contributed by atoms with van der Waals surface area (Å²) in [4.78, 5) is 0. The lowest BCUT2D eigenvalue weighted by molar-refractivity contribution is 0.417. The van der Waals surface area contributed by atoms with Crippen molar-refractivity contribution in [1.82, 2.24) is 0 Å². The summed E-state index contributed by atoms with van der Waals surface area (Å²) in [5.74, 6) is 0. The third kappa shape index (κ3) is 7.19. The zero-order chi connectivity index (χ0) is 9.98. The SMILES string of the molecule is C=C/C(=C\C=C/C)C(C)F.CF. The van der Waals surface area contributed by atoms with Crippen molar-refractivity contribution < 1.29 is 8.78 Å². The molecular formula is C10H16F2. The molecule has 0 aliphatic carbocycles. The van der Waals surface area contributed by atoms with E-state index in [0.717, 1.165) is 0 Å². The Labute approximate surface area is 73.3 Å². The lowest BCUT2D eigenvalue weighted by Gasteiger charge is -1.98. The van der Waals surface area contributed by atoms with Crippen LogP contribution >= 0.6 is 0 Å². The van der Waals surface area contributed by atoms with Gasteiger partial charge in [0.1, 0.15) is 6.17 Å². The van der Waals surface area contributed by atoms with Gasteiger partial charge in [-0.05, 0) is 19.4 Å². The van der Waals surface area contributed by atoms with E-state index in [4.69, 9.17) is 0 Å². The molecule has 2 heteroatoms. The van der Waals surface area contributed by atoms with Crippen molar-refractivity contribution in [3.63, 3.8) is 0 Å². The van der Waals surface area contributed by atoms with E-state index < -0.39 is 6.17 Å². The molecule has 0 saturated heterocycles. The lowest BCUT2D eigenvalue weighted by atomic mass is 10.1. The Morgan fingerprint density at radius 2 is 1.92 bits per heavy atom. The zero-order valence-electron chi connectivity index (χ0n) is 7.85. The van der Waals surface area contributed by atoms with E-state index in [0.29, 0.717) is 12.8 Å². The van der Waals surface area contributed by atoms with Gasteiger partial charge in [0.2, 0.25) is 0 Å². The number of rotatable bonds is 3. The van der Waals surface area contributed by atoms with Crippen molar-refractivity contribution in [2.75, 3.05) is 7.18 Å². The standard InChI is InChI=1S/C9H13F.CH3F/c1-4-6-7-9(5-2)8(3)10;1-2/h4-8H,2H2,1,3H3;1H3/b6-4-,9-7+;. The van der Waals surface area contributed by atoms with Crippen LogP contribution in [0.15, 0.2) is 36.5 Å². The smallest absolute Gasteiger partial charge is 0.122 e. The van der Waals surface area contributed by atoms with E-state index in [9.17, 15) is 8.78 Å². The first kappa shape index (κ1) is 13.7. The summed E-state index contributed by atoms with van der Waals surface area (Å²) >= 11 is 0. The Bertz CT molecular complexity index is 155. The van der Waals surface area contributed by atoms with Crippen molar-refractivity contribution in [1.29, 1.82) is 0 Å². The second-order valence-electron chi connectivity index (χ2n) is 2.01. The van der Waals surface area contributed by atoms with Crippen LogP contribution < -0.4 is 0 Å². The van der Waals surface area contributed by atoms with E-state index in [1.54, 1.807) is 12.2 Å². The van der Waals surface area contributed by atoms with Crippen molar-refractivity contribution in [2.24, 2.45) is 0 Å². The quantitative estimate of drug-likeness (QED) is 0.573. The predicted molar refractivity (Wildman–Crippen MR) is 50.7 cm³/mol. The molecule has 0 fully saturated rings. The summed E-state index contributed by atoms with van der Waals surface area (Å²) in [5.41, 5.74) is 0.623. The van der Waals surface area contributed by atoms with Gasteiger partial charge in [-0.25, -0.2) is 4.39 Å². The van der Waals surface area contributed by atoms with Crippen LogP contribution in [-0.4, -0.2) is 13.3 Å². The Kier molecular flexibility index (Phi) is 11.5. The van der Waals surface area contributed by atoms with E-state index in [1.165, 1.54) is 13.0 Å². The molecule has 0 aliphatic rings. The average Bonchev–Trinajstić information content (AvgIpc) is 2.09. The number of halogens is 2. The Hall–Kier alpha value is -0.920. The monoisotopic (exact) mass is 174 g/mol. The van der Waals surface area contributed by atoms with E-state index in [2.05, 4.69) is 6.58 Å². The minimum Gasteiger partial charge on any atom is -0.255 e. The summed E-state index contributed by atoms with van der Waals surface area (Å²) in [5, 5.41) is 0. The Morgan fingerprint density at radius 1 is 1.42 bits per heavy atom. The van der Waals surface area contributed by atoms with Gasteiger partial charge in [-0.15, -0.1) is 0 Å². The first-order valence-electron chi connectivity index (χ1n) is 3.69. The highest BCUT2D eigenvalue weighted by atomic mass is 19.1. The first-order valence-corrected chi connectivity index (χ1v) is 3.69. The number of alkyl halides is 2. The predicted octanol–water partition coefficient (Wildman–Crippen LogP) is 3.62. The van der Waals surface area contributed by atoms with Crippen LogP contribution in [0.25, 0.3) is 0 Å². The van der Waals surface area contributed by atoms with Gasteiger partial charge in [0.05, 0.1) is 7.18 Å². The minimum absolute atomic E-state index is 0.500. The van der Waals surface area contributed by atoms with Crippen molar-refractivity contribution in [3.8, 4) is 0 Å². The molecule has 0 saturated carbocycles. The van der Waals surface area contributed by atoms with Crippen LogP contribution in [0.4, 0.5) is 8.78 Å². The molecule has 0 bridgehead atoms. The topological polar surface area (TPSA) is 0 Å². The van der Waals surface area contributed by atoms with Crippen LogP contribution in [0.5, 0.6) is 0 Å². The highest BCUT2D eigenvalue weighted by Crippen LogP contribution is 2.06.